The fourth-order valence-corrected chi connectivity index (χ4v) is 3.03. The Kier molecular flexibility index (Phi) is 5.88. The summed E-state index contributed by atoms with van der Waals surface area (Å²) in [5.74, 6) is 1.89. The van der Waals surface area contributed by atoms with Gasteiger partial charge in [0.05, 0.1) is 7.11 Å². The van der Waals surface area contributed by atoms with E-state index in [1.807, 2.05) is 41.3 Å². The number of benzene rings is 1. The van der Waals surface area contributed by atoms with Crippen LogP contribution in [-0.2, 0) is 11.2 Å². The molecule has 1 saturated heterocycles. The molecule has 0 saturated carbocycles. The number of pyridine rings is 1. The van der Waals surface area contributed by atoms with E-state index < -0.39 is 0 Å². The van der Waals surface area contributed by atoms with Crippen molar-refractivity contribution in [2.24, 2.45) is 0 Å². The van der Waals surface area contributed by atoms with Gasteiger partial charge in [-0.1, -0.05) is 0 Å². The van der Waals surface area contributed by atoms with Crippen molar-refractivity contribution >= 4 is 5.91 Å². The molecule has 1 aromatic carbocycles. The fourth-order valence-electron chi connectivity index (χ4n) is 3.03. The standard InChI is InChI=1S/C20H24N2O3/c1-24-17-3-5-18(6-4-17)25-19-10-14-22(15-11-19)20(23)7-2-16-8-12-21-13-9-16/h3-6,8-9,12-13,19H,2,7,10-11,14-15H2,1H3. The van der Waals surface area contributed by atoms with E-state index in [1.54, 1.807) is 19.5 Å². The molecule has 0 atom stereocenters. The number of hydrogen-bond acceptors (Lipinski definition) is 4. The van der Waals surface area contributed by atoms with Crippen LogP contribution in [0.5, 0.6) is 11.5 Å². The first-order valence-electron chi connectivity index (χ1n) is 8.72. The average Bonchev–Trinajstić information content (AvgIpc) is 2.68. The van der Waals surface area contributed by atoms with E-state index in [4.69, 9.17) is 9.47 Å². The van der Waals surface area contributed by atoms with Crippen LogP contribution in [0.2, 0.25) is 0 Å². The molecule has 0 N–H and O–H groups in total. The molecule has 1 aliphatic heterocycles. The lowest BCUT2D eigenvalue weighted by molar-refractivity contribution is -0.132. The van der Waals surface area contributed by atoms with Crippen molar-refractivity contribution in [3.63, 3.8) is 0 Å². The molecule has 3 rings (SSSR count). The Hall–Kier alpha value is -2.56. The lowest BCUT2D eigenvalue weighted by Gasteiger charge is -2.32. The lowest BCUT2D eigenvalue weighted by Crippen LogP contribution is -2.41. The number of amides is 1. The van der Waals surface area contributed by atoms with Crippen LogP contribution in [0.4, 0.5) is 0 Å². The van der Waals surface area contributed by atoms with Crippen LogP contribution in [-0.4, -0.2) is 42.1 Å². The van der Waals surface area contributed by atoms with Crippen molar-refractivity contribution < 1.29 is 14.3 Å². The molecule has 5 nitrogen and oxygen atoms in total. The molecule has 2 aromatic rings. The Morgan fingerprint density at radius 2 is 1.72 bits per heavy atom. The maximum atomic E-state index is 12.4. The van der Waals surface area contributed by atoms with Gasteiger partial charge in [0.15, 0.2) is 0 Å². The molecule has 25 heavy (non-hydrogen) atoms. The third-order valence-electron chi connectivity index (χ3n) is 4.53. The molecular weight excluding hydrogens is 316 g/mol. The summed E-state index contributed by atoms with van der Waals surface area (Å²) in [5, 5.41) is 0. The topological polar surface area (TPSA) is 51.7 Å². The van der Waals surface area contributed by atoms with E-state index in [2.05, 4.69) is 4.98 Å². The van der Waals surface area contributed by atoms with Crippen LogP contribution in [0.1, 0.15) is 24.8 Å². The third kappa shape index (κ3) is 4.95. The first-order chi connectivity index (χ1) is 12.2. The smallest absolute Gasteiger partial charge is 0.222 e. The number of nitrogens with zero attached hydrogens (tertiary/aromatic N) is 2. The van der Waals surface area contributed by atoms with Crippen LogP contribution in [0, 0.1) is 0 Å². The van der Waals surface area contributed by atoms with Gasteiger partial charge in [-0.2, -0.15) is 0 Å². The SMILES string of the molecule is COc1ccc(OC2CCN(C(=O)CCc3ccncc3)CC2)cc1. The van der Waals surface area contributed by atoms with Gasteiger partial charge in [-0.25, -0.2) is 0 Å². The van der Waals surface area contributed by atoms with Crippen molar-refractivity contribution in [1.82, 2.24) is 9.88 Å². The Morgan fingerprint density at radius 3 is 2.36 bits per heavy atom. The second-order valence-corrected chi connectivity index (χ2v) is 6.23. The van der Waals surface area contributed by atoms with Crippen molar-refractivity contribution in [3.8, 4) is 11.5 Å². The Labute approximate surface area is 148 Å². The average molecular weight is 340 g/mol. The van der Waals surface area contributed by atoms with Gasteiger partial charge >= 0.3 is 0 Å². The number of methoxy groups -OCH3 is 1. The highest BCUT2D eigenvalue weighted by Gasteiger charge is 2.23. The molecular formula is C20H24N2O3. The number of piperidine rings is 1. The first kappa shape index (κ1) is 17.3. The van der Waals surface area contributed by atoms with Crippen LogP contribution < -0.4 is 9.47 Å². The highest BCUT2D eigenvalue weighted by molar-refractivity contribution is 5.76. The third-order valence-corrected chi connectivity index (χ3v) is 4.53. The highest BCUT2D eigenvalue weighted by Crippen LogP contribution is 2.22. The van der Waals surface area contributed by atoms with Crippen molar-refractivity contribution in [1.29, 1.82) is 0 Å². The number of rotatable bonds is 6. The molecule has 5 heteroatoms. The molecule has 0 spiro atoms. The van der Waals surface area contributed by atoms with Gasteiger partial charge in [0, 0.05) is 44.7 Å². The summed E-state index contributed by atoms with van der Waals surface area (Å²) in [6.45, 7) is 1.52. The molecule has 132 valence electrons. The largest absolute Gasteiger partial charge is 0.497 e. The molecule has 0 aliphatic carbocycles. The Morgan fingerprint density at radius 1 is 1.08 bits per heavy atom. The molecule has 0 bridgehead atoms. The number of ether oxygens (including phenoxy) is 2. The number of hydrogen-bond donors (Lipinski definition) is 0. The van der Waals surface area contributed by atoms with Gasteiger partial charge in [0.1, 0.15) is 17.6 Å². The van der Waals surface area contributed by atoms with E-state index in [-0.39, 0.29) is 12.0 Å². The maximum Gasteiger partial charge on any atom is 0.222 e. The monoisotopic (exact) mass is 340 g/mol. The molecule has 1 amide bonds. The predicted octanol–water partition coefficient (Wildman–Crippen LogP) is 3.09. The quantitative estimate of drug-likeness (QED) is 0.811. The van der Waals surface area contributed by atoms with Crippen molar-refractivity contribution in [3.05, 3.63) is 54.4 Å². The molecule has 0 unspecified atom stereocenters. The normalized spacial score (nSPS) is 15.0. The summed E-state index contributed by atoms with van der Waals surface area (Å²) >= 11 is 0. The highest BCUT2D eigenvalue weighted by atomic mass is 16.5. The summed E-state index contributed by atoms with van der Waals surface area (Å²) in [6.07, 6.45) is 6.75. The van der Waals surface area contributed by atoms with Crippen molar-refractivity contribution in [2.45, 2.75) is 31.8 Å². The maximum absolute atomic E-state index is 12.4. The van der Waals surface area contributed by atoms with Crippen LogP contribution in [0.25, 0.3) is 0 Å². The first-order valence-corrected chi connectivity index (χ1v) is 8.72. The van der Waals surface area contributed by atoms with Gasteiger partial charge < -0.3 is 14.4 Å². The zero-order chi connectivity index (χ0) is 17.5. The van der Waals surface area contributed by atoms with E-state index in [0.29, 0.717) is 6.42 Å². The van der Waals surface area contributed by atoms with E-state index in [0.717, 1.165) is 49.4 Å². The number of aryl methyl sites for hydroxylation is 1. The number of likely N-dealkylation sites (tertiary alicyclic amines) is 1. The van der Waals surface area contributed by atoms with Gasteiger partial charge in [0.25, 0.3) is 0 Å². The second-order valence-electron chi connectivity index (χ2n) is 6.23. The van der Waals surface area contributed by atoms with E-state index in [1.165, 1.54) is 0 Å². The molecule has 1 aliphatic rings. The predicted molar refractivity (Wildman–Crippen MR) is 95.8 cm³/mol. The summed E-state index contributed by atoms with van der Waals surface area (Å²) in [4.78, 5) is 18.3. The number of carbonyl (C=O) groups is 1. The molecule has 0 radical (unpaired) electrons. The van der Waals surface area contributed by atoms with Gasteiger partial charge in [-0.15, -0.1) is 0 Å². The summed E-state index contributed by atoms with van der Waals surface area (Å²) in [6, 6.07) is 11.6. The van der Waals surface area contributed by atoms with Crippen molar-refractivity contribution in [2.75, 3.05) is 20.2 Å². The molecule has 1 aromatic heterocycles. The zero-order valence-electron chi connectivity index (χ0n) is 14.6. The molecule has 2 heterocycles. The van der Waals surface area contributed by atoms with Gasteiger partial charge in [0.2, 0.25) is 5.91 Å². The Bertz CT molecular complexity index is 665. The van der Waals surface area contributed by atoms with E-state index in [9.17, 15) is 4.79 Å². The number of carbonyl (C=O) groups excluding carboxylic acids is 1. The zero-order valence-corrected chi connectivity index (χ0v) is 14.6. The van der Waals surface area contributed by atoms with Crippen LogP contribution in [0.3, 0.4) is 0 Å². The minimum Gasteiger partial charge on any atom is -0.497 e. The summed E-state index contributed by atoms with van der Waals surface area (Å²) in [7, 11) is 1.65. The Balaban J connectivity index is 1.42. The van der Waals surface area contributed by atoms with Gasteiger partial charge in [-0.05, 0) is 48.4 Å². The van der Waals surface area contributed by atoms with Gasteiger partial charge in [-0.3, -0.25) is 9.78 Å². The van der Waals surface area contributed by atoms with Crippen LogP contribution >= 0.6 is 0 Å². The minimum atomic E-state index is 0.164. The number of aromatic nitrogens is 1. The second kappa shape index (κ2) is 8.51. The fraction of sp³-hybridized carbons (Fsp3) is 0.400. The van der Waals surface area contributed by atoms with Crippen LogP contribution in [0.15, 0.2) is 48.8 Å². The summed E-state index contributed by atoms with van der Waals surface area (Å²) in [5.41, 5.74) is 1.15. The molecule has 1 fully saturated rings. The minimum absolute atomic E-state index is 0.164. The summed E-state index contributed by atoms with van der Waals surface area (Å²) < 4.78 is 11.2. The van der Waals surface area contributed by atoms with E-state index >= 15 is 0 Å². The lowest BCUT2D eigenvalue weighted by atomic mass is 10.1.